The fourth-order valence-corrected chi connectivity index (χ4v) is 4.08. The first-order valence-corrected chi connectivity index (χ1v) is 13.4. The number of ether oxygens (including phenoxy) is 2. The van der Waals surface area contributed by atoms with Gasteiger partial charge in [0.15, 0.2) is 0 Å². The highest BCUT2D eigenvalue weighted by molar-refractivity contribution is 5.88. The van der Waals surface area contributed by atoms with Crippen LogP contribution in [-0.4, -0.2) is 40.4 Å². The van der Waals surface area contributed by atoms with Gasteiger partial charge in [-0.3, -0.25) is 0 Å². The second-order valence-corrected chi connectivity index (χ2v) is 9.43. The number of aromatic carboxylic acids is 2. The van der Waals surface area contributed by atoms with Crippen LogP contribution >= 0.6 is 0 Å². The van der Waals surface area contributed by atoms with E-state index in [2.05, 4.69) is 6.92 Å². The van der Waals surface area contributed by atoms with E-state index in [0.717, 1.165) is 34.6 Å². The first-order chi connectivity index (χ1) is 19.9. The van der Waals surface area contributed by atoms with Crippen molar-refractivity contribution in [3.63, 3.8) is 0 Å². The lowest BCUT2D eigenvalue weighted by molar-refractivity contribution is -0.0661. The second-order valence-electron chi connectivity index (χ2n) is 9.43. The van der Waals surface area contributed by atoms with E-state index >= 15 is 0 Å². The molecule has 0 aliphatic carbocycles. The number of rotatable bonds is 15. The third kappa shape index (κ3) is 8.84. The topological polar surface area (TPSA) is 106 Å². The average Bonchev–Trinajstić information content (AvgIpc) is 2.99. The molecule has 8 nitrogen and oxygen atoms in total. The predicted octanol–water partition coefficient (Wildman–Crippen LogP) is 6.49. The molecule has 8 heteroatoms. The maximum absolute atomic E-state index is 11.2. The van der Waals surface area contributed by atoms with Crippen LogP contribution in [0.2, 0.25) is 0 Å². The van der Waals surface area contributed by atoms with Crippen LogP contribution in [-0.2, 0) is 19.6 Å². The molecule has 0 fully saturated rings. The minimum atomic E-state index is -1.01. The Labute approximate surface area is 239 Å². The Morgan fingerprint density at radius 2 is 1.29 bits per heavy atom. The molecule has 4 rings (SSSR count). The van der Waals surface area contributed by atoms with E-state index in [1.807, 2.05) is 48.5 Å². The van der Waals surface area contributed by atoms with Crippen molar-refractivity contribution in [3.8, 4) is 17.2 Å². The summed E-state index contributed by atoms with van der Waals surface area (Å²) >= 11 is 0. The Balaban J connectivity index is 1.44. The van der Waals surface area contributed by atoms with Gasteiger partial charge in [0.2, 0.25) is 0 Å². The van der Waals surface area contributed by atoms with E-state index in [0.29, 0.717) is 38.5 Å². The zero-order valence-electron chi connectivity index (χ0n) is 22.9. The molecule has 4 aromatic rings. The fraction of sp³-hybridized carbons (Fsp3) is 0.212. The second kappa shape index (κ2) is 14.5. The van der Waals surface area contributed by atoms with Crippen LogP contribution in [0.25, 0.3) is 0 Å². The zero-order valence-corrected chi connectivity index (χ0v) is 22.9. The molecule has 0 atom stereocenters. The van der Waals surface area contributed by atoms with Gasteiger partial charge in [0.25, 0.3) is 0 Å². The van der Waals surface area contributed by atoms with Crippen LogP contribution in [0.1, 0.15) is 50.8 Å². The molecule has 0 aliphatic heterocycles. The van der Waals surface area contributed by atoms with Gasteiger partial charge in [-0.15, -0.1) is 5.06 Å². The standard InChI is InChI=1S/C33H33NO7/c1-2-21-39-29-15-9-25(10-16-29)23-40-31-6-4-3-5-26(31)19-20-34(22-24-7-11-27(12-8-24)32(35)36)41-30-17-13-28(14-18-30)33(37)38/h3-18H,2,19-23H2,1H3,(H,35,36)(H,37,38). The molecule has 0 aromatic heterocycles. The van der Waals surface area contributed by atoms with Crippen LogP contribution in [0.3, 0.4) is 0 Å². The van der Waals surface area contributed by atoms with Gasteiger partial charge in [0.05, 0.1) is 24.3 Å². The van der Waals surface area contributed by atoms with Crippen molar-refractivity contribution in [1.29, 1.82) is 0 Å². The Morgan fingerprint density at radius 1 is 0.707 bits per heavy atom. The Morgan fingerprint density at radius 3 is 1.93 bits per heavy atom. The van der Waals surface area contributed by atoms with Crippen molar-refractivity contribution in [2.75, 3.05) is 13.2 Å². The molecule has 0 radical (unpaired) electrons. The van der Waals surface area contributed by atoms with E-state index in [-0.39, 0.29) is 11.1 Å². The number of benzene rings is 4. The zero-order chi connectivity index (χ0) is 29.0. The molecule has 0 saturated carbocycles. The average molecular weight is 556 g/mol. The summed E-state index contributed by atoms with van der Waals surface area (Å²) in [5.74, 6) is 0.111. The molecule has 0 saturated heterocycles. The van der Waals surface area contributed by atoms with E-state index in [1.165, 1.54) is 12.1 Å². The van der Waals surface area contributed by atoms with E-state index in [4.69, 9.17) is 14.3 Å². The summed E-state index contributed by atoms with van der Waals surface area (Å²) in [6.45, 7) is 4.05. The first-order valence-electron chi connectivity index (χ1n) is 13.4. The number of carboxylic acids is 2. The fourth-order valence-electron chi connectivity index (χ4n) is 4.08. The molecule has 0 unspecified atom stereocenters. The summed E-state index contributed by atoms with van der Waals surface area (Å²) in [5.41, 5.74) is 3.28. The number of hydroxylamine groups is 2. The van der Waals surface area contributed by atoms with Gasteiger partial charge in [-0.2, -0.15) is 0 Å². The largest absolute Gasteiger partial charge is 0.494 e. The van der Waals surface area contributed by atoms with Gasteiger partial charge < -0.3 is 24.5 Å². The molecule has 2 N–H and O–H groups in total. The molecule has 0 bridgehead atoms. The number of carbonyl (C=O) groups is 2. The van der Waals surface area contributed by atoms with Crippen molar-refractivity contribution in [2.45, 2.75) is 32.9 Å². The lowest BCUT2D eigenvalue weighted by atomic mass is 10.1. The maximum Gasteiger partial charge on any atom is 0.335 e. The first kappa shape index (κ1) is 29.2. The lowest BCUT2D eigenvalue weighted by Gasteiger charge is -2.23. The number of hydrogen-bond donors (Lipinski definition) is 2. The van der Waals surface area contributed by atoms with Gasteiger partial charge in [0, 0.05) is 6.54 Å². The van der Waals surface area contributed by atoms with Crippen LogP contribution in [0.4, 0.5) is 0 Å². The van der Waals surface area contributed by atoms with E-state index in [9.17, 15) is 19.8 Å². The molecular weight excluding hydrogens is 522 g/mol. The molecule has 0 spiro atoms. The maximum atomic E-state index is 11.2. The number of nitrogens with zero attached hydrogens (tertiary/aromatic N) is 1. The van der Waals surface area contributed by atoms with Gasteiger partial charge in [0.1, 0.15) is 23.9 Å². The van der Waals surface area contributed by atoms with Crippen molar-refractivity contribution < 1.29 is 34.1 Å². The summed E-state index contributed by atoms with van der Waals surface area (Å²) in [4.78, 5) is 28.6. The lowest BCUT2D eigenvalue weighted by Crippen LogP contribution is -2.29. The van der Waals surface area contributed by atoms with Crippen LogP contribution in [0, 0.1) is 0 Å². The third-order valence-electron chi connectivity index (χ3n) is 6.29. The molecule has 0 heterocycles. The van der Waals surface area contributed by atoms with Gasteiger partial charge in [-0.25, -0.2) is 9.59 Å². The van der Waals surface area contributed by atoms with E-state index < -0.39 is 11.9 Å². The van der Waals surface area contributed by atoms with Crippen molar-refractivity contribution in [3.05, 3.63) is 125 Å². The summed E-state index contributed by atoms with van der Waals surface area (Å²) in [6.07, 6.45) is 1.57. The van der Waals surface area contributed by atoms with Crippen LogP contribution in [0.5, 0.6) is 17.2 Å². The van der Waals surface area contributed by atoms with Crippen LogP contribution in [0.15, 0.2) is 97.1 Å². The SMILES string of the molecule is CCCOc1ccc(COc2ccccc2CCN(Cc2ccc(C(=O)O)cc2)Oc2ccc(C(=O)O)cc2)cc1. The highest BCUT2D eigenvalue weighted by atomic mass is 16.7. The molecule has 0 amide bonds. The number of hydrogen-bond acceptors (Lipinski definition) is 6. The number of carboxylic acid groups (broad SMARTS) is 2. The molecular formula is C33H33NO7. The number of para-hydroxylation sites is 1. The molecule has 212 valence electrons. The summed E-state index contributed by atoms with van der Waals surface area (Å²) < 4.78 is 11.8. The van der Waals surface area contributed by atoms with Gasteiger partial charge >= 0.3 is 11.9 Å². The highest BCUT2D eigenvalue weighted by Gasteiger charge is 2.13. The summed E-state index contributed by atoms with van der Waals surface area (Å²) in [6, 6.07) is 28.5. The third-order valence-corrected chi connectivity index (χ3v) is 6.29. The van der Waals surface area contributed by atoms with Gasteiger partial charge in [-0.05, 0) is 84.1 Å². The highest BCUT2D eigenvalue weighted by Crippen LogP contribution is 2.23. The quantitative estimate of drug-likeness (QED) is 0.160. The Kier molecular flexibility index (Phi) is 10.3. The molecule has 0 aliphatic rings. The van der Waals surface area contributed by atoms with Crippen LogP contribution < -0.4 is 14.3 Å². The monoisotopic (exact) mass is 555 g/mol. The normalized spacial score (nSPS) is 10.8. The van der Waals surface area contributed by atoms with Crippen molar-refractivity contribution >= 4 is 11.9 Å². The summed E-state index contributed by atoms with van der Waals surface area (Å²) in [7, 11) is 0. The summed E-state index contributed by atoms with van der Waals surface area (Å²) in [5, 5.41) is 20.2. The van der Waals surface area contributed by atoms with Crippen molar-refractivity contribution in [2.24, 2.45) is 0 Å². The predicted molar refractivity (Wildman–Crippen MR) is 155 cm³/mol. The smallest absolute Gasteiger partial charge is 0.335 e. The minimum Gasteiger partial charge on any atom is -0.494 e. The van der Waals surface area contributed by atoms with Crippen molar-refractivity contribution in [1.82, 2.24) is 5.06 Å². The Hall–Kier alpha value is -4.82. The molecule has 4 aromatic carbocycles. The van der Waals surface area contributed by atoms with E-state index in [1.54, 1.807) is 41.5 Å². The minimum absolute atomic E-state index is 0.169. The molecule has 41 heavy (non-hydrogen) atoms. The Bertz CT molecular complexity index is 1360. The van der Waals surface area contributed by atoms with Gasteiger partial charge in [-0.1, -0.05) is 49.4 Å².